The number of rotatable bonds is 7. The molecule has 196 valence electrons. The first kappa shape index (κ1) is 25.7. The lowest BCUT2D eigenvalue weighted by molar-refractivity contribution is -0.127. The van der Waals surface area contributed by atoms with Crippen LogP contribution in [0.1, 0.15) is 15.2 Å². The van der Waals surface area contributed by atoms with Gasteiger partial charge in [-0.1, -0.05) is 42.5 Å². The van der Waals surface area contributed by atoms with Crippen LogP contribution in [0, 0.1) is 0 Å². The Hall–Kier alpha value is -3.89. The van der Waals surface area contributed by atoms with Gasteiger partial charge in [0.25, 0.3) is 11.8 Å². The number of benzene rings is 3. The lowest BCUT2D eigenvalue weighted by Gasteiger charge is -2.34. The number of nitrogens with zero attached hydrogens (tertiary/aromatic N) is 2. The van der Waals surface area contributed by atoms with Crippen molar-refractivity contribution in [3.05, 3.63) is 89.3 Å². The van der Waals surface area contributed by atoms with Gasteiger partial charge < -0.3 is 10.1 Å². The Morgan fingerprint density at radius 1 is 1.05 bits per heavy atom. The molecule has 0 saturated heterocycles. The predicted octanol–water partition coefficient (Wildman–Crippen LogP) is 4.06. The molecular weight excluding hydrogens is 522 g/mol. The van der Waals surface area contributed by atoms with Crippen molar-refractivity contribution in [2.24, 2.45) is 0 Å². The maximum Gasteiger partial charge on any atom is 0.268 e. The highest BCUT2D eigenvalue weighted by molar-refractivity contribution is 7.92. The topological polar surface area (TPSA) is 96.0 Å². The van der Waals surface area contributed by atoms with Crippen LogP contribution in [0.5, 0.6) is 5.75 Å². The molecular formula is C28H27N3O5S2. The number of ether oxygens (including phenoxy) is 1. The summed E-state index contributed by atoms with van der Waals surface area (Å²) in [6.07, 6.45) is 0.981. The molecule has 1 aliphatic heterocycles. The third kappa shape index (κ3) is 5.36. The van der Waals surface area contributed by atoms with Gasteiger partial charge in [-0.2, -0.15) is 0 Å². The number of nitrogens with one attached hydrogen (secondary N) is 1. The summed E-state index contributed by atoms with van der Waals surface area (Å²) in [5.41, 5.74) is 2.23. The molecule has 1 atom stereocenters. The van der Waals surface area contributed by atoms with Crippen molar-refractivity contribution < 1.29 is 22.7 Å². The van der Waals surface area contributed by atoms with E-state index in [1.54, 1.807) is 41.3 Å². The van der Waals surface area contributed by atoms with Crippen LogP contribution < -0.4 is 19.3 Å². The van der Waals surface area contributed by atoms with Crippen molar-refractivity contribution >= 4 is 54.6 Å². The molecule has 0 fully saturated rings. The van der Waals surface area contributed by atoms with Crippen molar-refractivity contribution in [1.82, 2.24) is 5.32 Å². The summed E-state index contributed by atoms with van der Waals surface area (Å²) in [4.78, 5) is 28.8. The van der Waals surface area contributed by atoms with Gasteiger partial charge in [-0.3, -0.25) is 18.8 Å². The van der Waals surface area contributed by atoms with E-state index >= 15 is 0 Å². The normalized spacial score (nSPS) is 15.0. The summed E-state index contributed by atoms with van der Waals surface area (Å²) in [5, 5.41) is 3.70. The van der Waals surface area contributed by atoms with E-state index in [1.807, 2.05) is 42.5 Å². The van der Waals surface area contributed by atoms with E-state index < -0.39 is 16.1 Å². The molecule has 0 radical (unpaired) electrons. The predicted molar refractivity (Wildman–Crippen MR) is 151 cm³/mol. The first-order valence-electron chi connectivity index (χ1n) is 12.1. The number of para-hydroxylation sites is 2. The summed E-state index contributed by atoms with van der Waals surface area (Å²) >= 11 is 1.32. The van der Waals surface area contributed by atoms with Gasteiger partial charge in [-0.05, 0) is 53.8 Å². The van der Waals surface area contributed by atoms with Crippen LogP contribution in [-0.2, 0) is 21.2 Å². The maximum atomic E-state index is 13.7. The number of thiophene rings is 1. The fourth-order valence-corrected chi connectivity index (χ4v) is 5.80. The lowest BCUT2D eigenvalue weighted by Crippen LogP contribution is -2.51. The maximum absolute atomic E-state index is 13.7. The van der Waals surface area contributed by atoms with Gasteiger partial charge in [-0.25, -0.2) is 8.42 Å². The van der Waals surface area contributed by atoms with Gasteiger partial charge in [0.05, 0.1) is 29.1 Å². The van der Waals surface area contributed by atoms with Crippen LogP contribution in [-0.4, -0.2) is 52.7 Å². The molecule has 0 spiro atoms. The number of anilines is 2. The minimum Gasteiger partial charge on any atom is -0.477 e. The molecule has 8 nitrogen and oxygen atoms in total. The van der Waals surface area contributed by atoms with E-state index in [-0.39, 0.29) is 18.4 Å². The zero-order valence-electron chi connectivity index (χ0n) is 21.0. The number of sulfonamides is 1. The summed E-state index contributed by atoms with van der Waals surface area (Å²) in [6, 6.07) is 24.1. The van der Waals surface area contributed by atoms with Crippen LogP contribution in [0.3, 0.4) is 0 Å². The van der Waals surface area contributed by atoms with Crippen LogP contribution in [0.2, 0.25) is 0 Å². The Bertz CT molecular complexity index is 1600. The third-order valence-electron chi connectivity index (χ3n) is 6.44. The summed E-state index contributed by atoms with van der Waals surface area (Å²) in [7, 11) is -1.92. The van der Waals surface area contributed by atoms with Crippen molar-refractivity contribution in [3.63, 3.8) is 0 Å². The minimum absolute atomic E-state index is 0.0727. The van der Waals surface area contributed by atoms with Gasteiger partial charge in [0.2, 0.25) is 10.0 Å². The zero-order valence-corrected chi connectivity index (χ0v) is 22.6. The highest BCUT2D eigenvalue weighted by Crippen LogP contribution is 2.36. The SMILES string of the molecule is CN(c1ccc2sc(C(=O)N3C[C@H](C(=O)NCCc4ccccc4)Oc4ccccc43)cc2c1)S(C)(=O)=O. The molecule has 0 bridgehead atoms. The fraction of sp³-hybridized carbons (Fsp3) is 0.214. The quantitative estimate of drug-likeness (QED) is 0.375. The summed E-state index contributed by atoms with van der Waals surface area (Å²) in [5.74, 6) is -0.0615. The Labute approximate surface area is 225 Å². The average Bonchev–Trinajstić information content (AvgIpc) is 3.35. The number of hydrogen-bond acceptors (Lipinski definition) is 6. The second-order valence-corrected chi connectivity index (χ2v) is 12.2. The highest BCUT2D eigenvalue weighted by Gasteiger charge is 2.34. The van der Waals surface area contributed by atoms with E-state index in [1.165, 1.54) is 22.7 Å². The van der Waals surface area contributed by atoms with Crippen molar-refractivity contribution in [3.8, 4) is 5.75 Å². The molecule has 3 aromatic carbocycles. The van der Waals surface area contributed by atoms with Gasteiger partial charge in [-0.15, -0.1) is 11.3 Å². The molecule has 1 aliphatic rings. The number of amides is 2. The van der Waals surface area contributed by atoms with Crippen LogP contribution in [0.15, 0.2) is 78.9 Å². The van der Waals surface area contributed by atoms with Crippen LogP contribution >= 0.6 is 11.3 Å². The summed E-state index contributed by atoms with van der Waals surface area (Å²) < 4.78 is 31.9. The number of carbonyl (C=O) groups is 2. The largest absolute Gasteiger partial charge is 0.477 e. The lowest BCUT2D eigenvalue weighted by atomic mass is 10.1. The average molecular weight is 550 g/mol. The molecule has 1 N–H and O–H groups in total. The molecule has 10 heteroatoms. The Kier molecular flexibility index (Phi) is 7.09. The standard InChI is InChI=1S/C28H27N3O5S2/c1-30(38(2,34)35)21-12-13-25-20(16-21)17-26(37-25)28(33)31-18-24(36-23-11-7-6-10-22(23)31)27(32)29-15-14-19-8-4-3-5-9-19/h3-13,16-17,24H,14-15,18H2,1-2H3,(H,29,32)/t24-/m1/s1. The van der Waals surface area contributed by atoms with Crippen molar-refractivity contribution in [2.75, 3.05) is 35.6 Å². The Balaban J connectivity index is 1.36. The fourth-order valence-electron chi connectivity index (χ4n) is 4.31. The monoisotopic (exact) mass is 549 g/mol. The van der Waals surface area contributed by atoms with Crippen molar-refractivity contribution in [2.45, 2.75) is 12.5 Å². The van der Waals surface area contributed by atoms with E-state index in [4.69, 9.17) is 4.74 Å². The first-order chi connectivity index (χ1) is 18.2. The molecule has 2 heterocycles. The van der Waals surface area contributed by atoms with Crippen LogP contribution in [0.4, 0.5) is 11.4 Å². The number of carbonyl (C=O) groups excluding carboxylic acids is 2. The van der Waals surface area contributed by atoms with E-state index in [9.17, 15) is 18.0 Å². The summed E-state index contributed by atoms with van der Waals surface area (Å²) in [6.45, 7) is 0.530. The Morgan fingerprint density at radius 3 is 2.55 bits per heavy atom. The molecule has 1 aromatic heterocycles. The van der Waals surface area contributed by atoms with Gasteiger partial charge in [0.15, 0.2) is 6.10 Å². The minimum atomic E-state index is -3.41. The second kappa shape index (κ2) is 10.5. The molecule has 4 aromatic rings. The molecule has 2 amide bonds. The molecule has 0 saturated carbocycles. The molecule has 38 heavy (non-hydrogen) atoms. The molecule has 0 aliphatic carbocycles. The molecule has 0 unspecified atom stereocenters. The van der Waals surface area contributed by atoms with E-state index in [0.717, 1.165) is 21.9 Å². The smallest absolute Gasteiger partial charge is 0.268 e. The number of hydrogen-bond donors (Lipinski definition) is 1. The van der Waals surface area contributed by atoms with Gasteiger partial charge in [0, 0.05) is 18.3 Å². The van der Waals surface area contributed by atoms with E-state index in [2.05, 4.69) is 5.32 Å². The zero-order chi connectivity index (χ0) is 26.9. The van der Waals surface area contributed by atoms with E-state index in [0.29, 0.717) is 35.0 Å². The van der Waals surface area contributed by atoms with Crippen molar-refractivity contribution in [1.29, 1.82) is 0 Å². The first-order valence-corrected chi connectivity index (χ1v) is 14.7. The van der Waals surface area contributed by atoms with Gasteiger partial charge >= 0.3 is 0 Å². The molecule has 5 rings (SSSR count). The van der Waals surface area contributed by atoms with Gasteiger partial charge in [0.1, 0.15) is 5.75 Å². The second-order valence-electron chi connectivity index (χ2n) is 9.08. The van der Waals surface area contributed by atoms with Crippen LogP contribution in [0.25, 0.3) is 10.1 Å². The third-order valence-corrected chi connectivity index (χ3v) is 8.75. The Morgan fingerprint density at radius 2 is 1.79 bits per heavy atom. The highest BCUT2D eigenvalue weighted by atomic mass is 32.2. The number of fused-ring (bicyclic) bond motifs is 2.